The molecule has 1 aromatic carbocycles. The van der Waals surface area contributed by atoms with Gasteiger partial charge in [-0.3, -0.25) is 0 Å². The minimum Gasteiger partial charge on any atom is -0.383 e. The van der Waals surface area contributed by atoms with Crippen LogP contribution < -0.4 is 5.73 Å². The fourth-order valence-corrected chi connectivity index (χ4v) is 2.61. The first-order chi connectivity index (χ1) is 9.47. The number of nitrogen functional groups attached to an aromatic ring is 1. The van der Waals surface area contributed by atoms with Crippen molar-refractivity contribution in [2.45, 2.75) is 33.6 Å². The maximum Gasteiger partial charge on any atom is 0.140 e. The highest BCUT2D eigenvalue weighted by atomic mass is 127. The van der Waals surface area contributed by atoms with Gasteiger partial charge in [-0.2, -0.15) is 0 Å². The van der Waals surface area contributed by atoms with Gasteiger partial charge in [0.05, 0.1) is 9.26 Å². The molecule has 2 rings (SSSR count). The number of halogens is 1. The van der Waals surface area contributed by atoms with Crippen LogP contribution in [0.25, 0.3) is 0 Å². The summed E-state index contributed by atoms with van der Waals surface area (Å²) in [5.41, 5.74) is 9.61. The lowest BCUT2D eigenvalue weighted by Crippen LogP contribution is -2.10. The number of aromatic nitrogens is 2. The summed E-state index contributed by atoms with van der Waals surface area (Å²) in [5, 5.41) is 0. The molecular weight excluding hydrogens is 361 g/mol. The minimum atomic E-state index is 0.559. The zero-order valence-corrected chi connectivity index (χ0v) is 14.3. The fourth-order valence-electron chi connectivity index (χ4n) is 2.15. The third-order valence-corrected chi connectivity index (χ3v) is 4.38. The van der Waals surface area contributed by atoms with Gasteiger partial charge in [0.25, 0.3) is 0 Å². The second-order valence-corrected chi connectivity index (χ2v) is 6.57. The van der Waals surface area contributed by atoms with Crippen molar-refractivity contribution < 1.29 is 0 Å². The molecule has 3 nitrogen and oxygen atoms in total. The summed E-state index contributed by atoms with van der Waals surface area (Å²) in [7, 11) is 0. The van der Waals surface area contributed by atoms with E-state index in [0.717, 1.165) is 27.9 Å². The van der Waals surface area contributed by atoms with E-state index < -0.39 is 0 Å². The number of nitrogens with two attached hydrogens (primary N) is 1. The van der Waals surface area contributed by atoms with Crippen molar-refractivity contribution in [2.24, 2.45) is 5.92 Å². The lowest BCUT2D eigenvalue weighted by molar-refractivity contribution is 0.629. The number of hydrogen-bond donors (Lipinski definition) is 1. The maximum atomic E-state index is 6.03. The topological polar surface area (TPSA) is 51.8 Å². The number of nitrogens with zero attached hydrogens (tertiary/aromatic N) is 2. The average Bonchev–Trinajstić information content (AvgIpc) is 2.37. The average molecular weight is 381 g/mol. The normalized spacial score (nSPS) is 11.1. The van der Waals surface area contributed by atoms with Gasteiger partial charge in [-0.15, -0.1) is 0 Å². The summed E-state index contributed by atoms with van der Waals surface area (Å²) in [6, 6.07) is 8.33. The van der Waals surface area contributed by atoms with Gasteiger partial charge in [0.15, 0.2) is 0 Å². The highest BCUT2D eigenvalue weighted by Crippen LogP contribution is 2.21. The molecule has 0 bridgehead atoms. The van der Waals surface area contributed by atoms with Crippen molar-refractivity contribution in [3.8, 4) is 0 Å². The molecule has 0 amide bonds. The summed E-state index contributed by atoms with van der Waals surface area (Å²) < 4.78 is 0.991. The Morgan fingerprint density at radius 3 is 2.55 bits per heavy atom. The first-order valence-electron chi connectivity index (χ1n) is 6.82. The van der Waals surface area contributed by atoms with E-state index in [1.807, 2.05) is 12.1 Å². The molecule has 2 N–H and O–H groups in total. The maximum absolute atomic E-state index is 6.03. The molecule has 0 aliphatic carbocycles. The molecular formula is C16H20IN3. The second-order valence-electron chi connectivity index (χ2n) is 5.49. The third-order valence-electron chi connectivity index (χ3n) is 3.20. The van der Waals surface area contributed by atoms with Crippen LogP contribution in [0.3, 0.4) is 0 Å². The van der Waals surface area contributed by atoms with Gasteiger partial charge >= 0.3 is 0 Å². The molecule has 0 fully saturated rings. The van der Waals surface area contributed by atoms with Gasteiger partial charge < -0.3 is 5.73 Å². The predicted octanol–water partition coefficient (Wildman–Crippen LogP) is 3.76. The Morgan fingerprint density at radius 2 is 1.90 bits per heavy atom. The van der Waals surface area contributed by atoms with Crippen LogP contribution in [0.1, 0.15) is 36.5 Å². The van der Waals surface area contributed by atoms with E-state index in [0.29, 0.717) is 11.7 Å². The molecule has 0 aliphatic rings. The Labute approximate surface area is 134 Å². The summed E-state index contributed by atoms with van der Waals surface area (Å²) >= 11 is 2.24. The Balaban J connectivity index is 2.33. The first kappa shape index (κ1) is 15.2. The molecule has 106 valence electrons. The van der Waals surface area contributed by atoms with Crippen LogP contribution >= 0.6 is 22.6 Å². The largest absolute Gasteiger partial charge is 0.383 e. The van der Waals surface area contributed by atoms with Crippen molar-refractivity contribution >= 4 is 28.4 Å². The van der Waals surface area contributed by atoms with E-state index in [4.69, 9.17) is 10.7 Å². The third kappa shape index (κ3) is 3.69. The number of rotatable bonds is 4. The number of aryl methyl sites for hydroxylation is 1. The van der Waals surface area contributed by atoms with Gasteiger partial charge in [0, 0.05) is 6.42 Å². The predicted molar refractivity (Wildman–Crippen MR) is 91.7 cm³/mol. The molecule has 0 spiro atoms. The van der Waals surface area contributed by atoms with Crippen molar-refractivity contribution in [3.63, 3.8) is 0 Å². The lowest BCUT2D eigenvalue weighted by Gasteiger charge is -2.11. The van der Waals surface area contributed by atoms with Crippen LogP contribution in [0, 0.1) is 16.4 Å². The Kier molecular flexibility index (Phi) is 4.96. The van der Waals surface area contributed by atoms with Crippen LogP contribution in [-0.4, -0.2) is 9.97 Å². The van der Waals surface area contributed by atoms with E-state index in [-0.39, 0.29) is 0 Å². The zero-order valence-electron chi connectivity index (χ0n) is 12.2. The van der Waals surface area contributed by atoms with Gasteiger partial charge in [-0.1, -0.05) is 38.1 Å². The Bertz CT molecular complexity index is 609. The van der Waals surface area contributed by atoms with Crippen LogP contribution in [0.5, 0.6) is 0 Å². The summed E-state index contributed by atoms with van der Waals surface area (Å²) in [5.74, 6) is 1.97. The SMILES string of the molecule is Cc1ccccc1Cc1nc(N)c(I)c(CC(C)C)n1. The van der Waals surface area contributed by atoms with Crippen LogP contribution in [-0.2, 0) is 12.8 Å². The number of anilines is 1. The quantitative estimate of drug-likeness (QED) is 0.821. The van der Waals surface area contributed by atoms with Crippen molar-refractivity contribution in [1.29, 1.82) is 0 Å². The number of hydrogen-bond acceptors (Lipinski definition) is 3. The summed E-state index contributed by atoms with van der Waals surface area (Å²) in [4.78, 5) is 9.15. The molecule has 0 saturated heterocycles. The lowest BCUT2D eigenvalue weighted by atomic mass is 10.0. The monoisotopic (exact) mass is 381 g/mol. The molecule has 0 atom stereocenters. The molecule has 1 heterocycles. The second kappa shape index (κ2) is 6.52. The summed E-state index contributed by atoms with van der Waals surface area (Å²) in [6.07, 6.45) is 1.67. The Morgan fingerprint density at radius 1 is 1.20 bits per heavy atom. The number of benzene rings is 1. The smallest absolute Gasteiger partial charge is 0.140 e. The van der Waals surface area contributed by atoms with Crippen LogP contribution in [0.2, 0.25) is 0 Å². The van der Waals surface area contributed by atoms with Crippen molar-refractivity contribution in [1.82, 2.24) is 9.97 Å². The van der Waals surface area contributed by atoms with Gasteiger partial charge in [-0.05, 0) is 53.0 Å². The highest BCUT2D eigenvalue weighted by molar-refractivity contribution is 14.1. The molecule has 20 heavy (non-hydrogen) atoms. The molecule has 0 aliphatic heterocycles. The zero-order chi connectivity index (χ0) is 14.7. The van der Waals surface area contributed by atoms with E-state index in [1.165, 1.54) is 11.1 Å². The standard InChI is InChI=1S/C16H20IN3/c1-10(2)8-13-15(17)16(18)20-14(19-13)9-12-7-5-4-6-11(12)3/h4-7,10H,8-9H2,1-3H3,(H2,18,19,20). The van der Waals surface area contributed by atoms with Crippen molar-refractivity contribution in [3.05, 3.63) is 50.5 Å². The first-order valence-corrected chi connectivity index (χ1v) is 7.90. The minimum absolute atomic E-state index is 0.559. The summed E-state index contributed by atoms with van der Waals surface area (Å²) in [6.45, 7) is 6.49. The van der Waals surface area contributed by atoms with Gasteiger partial charge in [-0.25, -0.2) is 9.97 Å². The molecule has 0 unspecified atom stereocenters. The van der Waals surface area contributed by atoms with Crippen LogP contribution in [0.4, 0.5) is 5.82 Å². The molecule has 4 heteroatoms. The van der Waals surface area contributed by atoms with Crippen LogP contribution in [0.15, 0.2) is 24.3 Å². The van der Waals surface area contributed by atoms with Gasteiger partial charge in [0.1, 0.15) is 11.6 Å². The molecule has 2 aromatic rings. The molecule has 0 radical (unpaired) electrons. The molecule has 1 aromatic heterocycles. The van der Waals surface area contributed by atoms with Crippen molar-refractivity contribution in [2.75, 3.05) is 5.73 Å². The highest BCUT2D eigenvalue weighted by Gasteiger charge is 2.12. The van der Waals surface area contributed by atoms with E-state index in [1.54, 1.807) is 0 Å². The van der Waals surface area contributed by atoms with E-state index in [2.05, 4.69) is 60.5 Å². The van der Waals surface area contributed by atoms with E-state index in [9.17, 15) is 0 Å². The Hall–Kier alpha value is -1.17. The van der Waals surface area contributed by atoms with Gasteiger partial charge in [0.2, 0.25) is 0 Å². The fraction of sp³-hybridized carbons (Fsp3) is 0.375. The molecule has 0 saturated carbocycles. The van der Waals surface area contributed by atoms with E-state index >= 15 is 0 Å².